The Kier molecular flexibility index (Phi) is 4.58. The molecule has 0 bridgehead atoms. The molecule has 1 aromatic heterocycles. The van der Waals surface area contributed by atoms with Crippen LogP contribution in [0.15, 0.2) is 6.20 Å². The van der Waals surface area contributed by atoms with Gasteiger partial charge in [0.2, 0.25) is 0 Å². The number of Topliss-reactive ketones (excluding diaryl/α,β-unsaturated/α-hetero) is 1. The fourth-order valence-electron chi connectivity index (χ4n) is 2.84. The zero-order valence-electron chi connectivity index (χ0n) is 14.3. The number of hydrogen-bond acceptors (Lipinski definition) is 6. The maximum atomic E-state index is 11.8. The van der Waals surface area contributed by atoms with Crippen molar-refractivity contribution in [3.05, 3.63) is 11.9 Å². The van der Waals surface area contributed by atoms with Gasteiger partial charge in [-0.1, -0.05) is 5.21 Å². The number of carbonyl (C=O) groups is 2. The quantitative estimate of drug-likeness (QED) is 0.906. The maximum absolute atomic E-state index is 11.8. The minimum atomic E-state index is -0.510. The molecule has 1 N–H and O–H groups in total. The average molecular weight is 336 g/mol. The van der Waals surface area contributed by atoms with Crippen LogP contribution in [0.4, 0.5) is 4.79 Å². The van der Waals surface area contributed by atoms with Crippen molar-refractivity contribution >= 4 is 11.9 Å². The van der Waals surface area contributed by atoms with Gasteiger partial charge in [0.25, 0.3) is 0 Å². The van der Waals surface area contributed by atoms with E-state index in [-0.39, 0.29) is 24.0 Å². The van der Waals surface area contributed by atoms with E-state index in [1.165, 1.54) is 0 Å². The lowest BCUT2D eigenvalue weighted by atomic mass is 9.92. The first-order valence-electron chi connectivity index (χ1n) is 8.35. The molecule has 2 aliphatic rings. The molecule has 1 amide bonds. The third-order valence-corrected chi connectivity index (χ3v) is 4.16. The number of aromatic nitrogens is 3. The SMILES string of the molecule is CC(C)(C)OC(=O)N[C@@H]1CC[C@@H](c2cn(C3CC(=O)C3)nn2)OC1. The molecule has 0 unspecified atom stereocenters. The highest BCUT2D eigenvalue weighted by Crippen LogP contribution is 2.30. The minimum Gasteiger partial charge on any atom is -0.444 e. The summed E-state index contributed by atoms with van der Waals surface area (Å²) in [5.74, 6) is 0.266. The normalized spacial score (nSPS) is 25.2. The second-order valence-electron chi connectivity index (χ2n) is 7.47. The van der Waals surface area contributed by atoms with Gasteiger partial charge in [-0.3, -0.25) is 4.79 Å². The maximum Gasteiger partial charge on any atom is 0.407 e. The minimum absolute atomic E-state index is 0.0598. The summed E-state index contributed by atoms with van der Waals surface area (Å²) in [6.07, 6.45) is 3.94. The lowest BCUT2D eigenvalue weighted by Gasteiger charge is -2.29. The van der Waals surface area contributed by atoms with Crippen molar-refractivity contribution in [1.29, 1.82) is 0 Å². The van der Waals surface area contributed by atoms with Crippen molar-refractivity contribution in [1.82, 2.24) is 20.3 Å². The van der Waals surface area contributed by atoms with Crippen LogP contribution in [0.1, 0.15) is 64.3 Å². The number of nitrogens with zero attached hydrogens (tertiary/aromatic N) is 3. The first kappa shape index (κ1) is 16.9. The summed E-state index contributed by atoms with van der Waals surface area (Å²) in [5, 5.41) is 11.1. The molecule has 1 saturated heterocycles. The molecule has 2 atom stereocenters. The number of ketones is 1. The third-order valence-electron chi connectivity index (χ3n) is 4.16. The summed E-state index contributed by atoms with van der Waals surface area (Å²) < 4.78 is 12.8. The number of carbonyl (C=O) groups excluding carboxylic acids is 2. The van der Waals surface area contributed by atoms with Crippen molar-refractivity contribution < 1.29 is 19.1 Å². The monoisotopic (exact) mass is 336 g/mol. The van der Waals surface area contributed by atoms with Gasteiger partial charge in [0, 0.05) is 12.8 Å². The molecule has 3 rings (SSSR count). The Bertz CT molecular complexity index is 606. The fraction of sp³-hybridized carbons (Fsp3) is 0.750. The first-order valence-corrected chi connectivity index (χ1v) is 8.35. The van der Waals surface area contributed by atoms with Crippen LogP contribution in [-0.4, -0.2) is 45.1 Å². The summed E-state index contributed by atoms with van der Waals surface area (Å²) in [6, 6.07) is 0.0827. The highest BCUT2D eigenvalue weighted by Gasteiger charge is 2.31. The van der Waals surface area contributed by atoms with Gasteiger partial charge in [-0.05, 0) is 33.6 Å². The number of nitrogens with one attached hydrogen (secondary N) is 1. The van der Waals surface area contributed by atoms with Gasteiger partial charge in [0.15, 0.2) is 0 Å². The Morgan fingerprint density at radius 2 is 2.12 bits per heavy atom. The fourth-order valence-corrected chi connectivity index (χ4v) is 2.84. The molecule has 0 radical (unpaired) electrons. The van der Waals surface area contributed by atoms with Gasteiger partial charge in [-0.2, -0.15) is 0 Å². The van der Waals surface area contributed by atoms with E-state index in [4.69, 9.17) is 9.47 Å². The molecule has 0 aromatic carbocycles. The molecule has 1 aliphatic heterocycles. The van der Waals surface area contributed by atoms with Crippen LogP contribution >= 0.6 is 0 Å². The topological polar surface area (TPSA) is 95.3 Å². The largest absolute Gasteiger partial charge is 0.444 e. The van der Waals surface area contributed by atoms with Crippen molar-refractivity contribution in [2.45, 2.75) is 70.2 Å². The zero-order valence-corrected chi connectivity index (χ0v) is 14.3. The van der Waals surface area contributed by atoms with Gasteiger partial charge in [0.05, 0.1) is 24.9 Å². The third kappa shape index (κ3) is 4.11. The van der Waals surface area contributed by atoms with Gasteiger partial charge in [-0.25, -0.2) is 9.48 Å². The summed E-state index contributed by atoms with van der Waals surface area (Å²) >= 11 is 0. The molecule has 2 heterocycles. The Morgan fingerprint density at radius 1 is 1.38 bits per heavy atom. The van der Waals surface area contributed by atoms with Crippen molar-refractivity contribution in [2.75, 3.05) is 6.61 Å². The average Bonchev–Trinajstić information content (AvgIpc) is 2.92. The number of hydrogen-bond donors (Lipinski definition) is 1. The van der Waals surface area contributed by atoms with Gasteiger partial charge in [0.1, 0.15) is 23.2 Å². The predicted octanol–water partition coefficient (Wildman–Crippen LogP) is 1.93. The standard InChI is InChI=1S/C16H24N4O4/c1-16(2,3)24-15(22)17-10-4-5-14(23-9-10)13-8-20(19-18-13)11-6-12(21)7-11/h8,10-11,14H,4-7,9H2,1-3H3,(H,17,22)/t10-,14+/m1/s1. The first-order chi connectivity index (χ1) is 11.3. The van der Waals surface area contributed by atoms with Gasteiger partial charge in [-0.15, -0.1) is 5.10 Å². The van der Waals surface area contributed by atoms with E-state index in [9.17, 15) is 9.59 Å². The van der Waals surface area contributed by atoms with Gasteiger partial charge < -0.3 is 14.8 Å². The second kappa shape index (κ2) is 6.51. The summed E-state index contributed by atoms with van der Waals surface area (Å²) in [5.41, 5.74) is 0.272. The lowest BCUT2D eigenvalue weighted by Crippen LogP contribution is -2.43. The van der Waals surface area contributed by atoms with E-state index in [2.05, 4.69) is 15.6 Å². The molecule has 1 aromatic rings. The van der Waals surface area contributed by atoms with E-state index in [1.807, 2.05) is 27.0 Å². The van der Waals surface area contributed by atoms with E-state index in [0.29, 0.717) is 19.4 Å². The molecule has 2 fully saturated rings. The van der Waals surface area contributed by atoms with E-state index < -0.39 is 11.7 Å². The number of amides is 1. The Hall–Kier alpha value is -1.96. The van der Waals surface area contributed by atoms with Gasteiger partial charge >= 0.3 is 6.09 Å². The van der Waals surface area contributed by atoms with E-state index in [1.54, 1.807) is 4.68 Å². The molecular weight excluding hydrogens is 312 g/mol. The smallest absolute Gasteiger partial charge is 0.407 e. The molecule has 24 heavy (non-hydrogen) atoms. The Balaban J connectivity index is 1.47. The second-order valence-corrected chi connectivity index (χ2v) is 7.47. The molecule has 1 aliphatic carbocycles. The number of alkyl carbamates (subject to hydrolysis) is 1. The van der Waals surface area contributed by atoms with E-state index >= 15 is 0 Å². The summed E-state index contributed by atoms with van der Waals surface area (Å²) in [6.45, 7) is 5.91. The highest BCUT2D eigenvalue weighted by molar-refractivity contribution is 5.85. The molecule has 0 spiro atoms. The van der Waals surface area contributed by atoms with E-state index in [0.717, 1.165) is 18.5 Å². The molecule has 8 nitrogen and oxygen atoms in total. The van der Waals surface area contributed by atoms with Crippen LogP contribution in [-0.2, 0) is 14.3 Å². The van der Waals surface area contributed by atoms with Crippen molar-refractivity contribution in [3.8, 4) is 0 Å². The Morgan fingerprint density at radius 3 is 2.71 bits per heavy atom. The summed E-state index contributed by atoms with van der Waals surface area (Å²) in [4.78, 5) is 22.9. The highest BCUT2D eigenvalue weighted by atomic mass is 16.6. The van der Waals surface area contributed by atoms with Crippen LogP contribution in [0.5, 0.6) is 0 Å². The van der Waals surface area contributed by atoms with Crippen molar-refractivity contribution in [2.24, 2.45) is 0 Å². The van der Waals surface area contributed by atoms with Crippen molar-refractivity contribution in [3.63, 3.8) is 0 Å². The van der Waals surface area contributed by atoms with Crippen LogP contribution in [0.2, 0.25) is 0 Å². The molecule has 1 saturated carbocycles. The molecule has 132 valence electrons. The summed E-state index contributed by atoms with van der Waals surface area (Å²) in [7, 11) is 0. The number of rotatable bonds is 3. The van der Waals surface area contributed by atoms with Crippen LogP contribution in [0, 0.1) is 0 Å². The Labute approximate surface area is 140 Å². The lowest BCUT2D eigenvalue weighted by molar-refractivity contribution is -0.126. The zero-order chi connectivity index (χ0) is 17.3. The molecular formula is C16H24N4O4. The predicted molar refractivity (Wildman–Crippen MR) is 84.4 cm³/mol. The number of ether oxygens (including phenoxy) is 2. The molecule has 8 heteroatoms. The van der Waals surface area contributed by atoms with Crippen LogP contribution in [0.25, 0.3) is 0 Å². The van der Waals surface area contributed by atoms with Crippen LogP contribution < -0.4 is 5.32 Å². The van der Waals surface area contributed by atoms with Crippen LogP contribution in [0.3, 0.4) is 0 Å².